The molecule has 0 spiro atoms. The van der Waals surface area contributed by atoms with Gasteiger partial charge in [-0.3, -0.25) is 4.79 Å². The topological polar surface area (TPSA) is 114 Å². The van der Waals surface area contributed by atoms with E-state index in [-0.39, 0.29) is 4.90 Å². The van der Waals surface area contributed by atoms with E-state index in [2.05, 4.69) is 15.2 Å². The first-order chi connectivity index (χ1) is 14.8. The van der Waals surface area contributed by atoms with Gasteiger partial charge in [-0.05, 0) is 60.3 Å². The Kier molecular flexibility index (Phi) is 7.29. The van der Waals surface area contributed by atoms with Crippen LogP contribution >= 0.6 is 11.3 Å². The third-order valence-corrected chi connectivity index (χ3v) is 6.24. The second kappa shape index (κ2) is 10.1. The Morgan fingerprint density at radius 2 is 1.77 bits per heavy atom. The first-order valence-corrected chi connectivity index (χ1v) is 11.4. The summed E-state index contributed by atoms with van der Waals surface area (Å²) in [6, 6.07) is 16.2. The molecule has 1 aromatic heterocycles. The van der Waals surface area contributed by atoms with Gasteiger partial charge in [-0.25, -0.2) is 23.4 Å². The molecule has 2 aromatic carbocycles. The number of esters is 1. The van der Waals surface area contributed by atoms with Crippen LogP contribution in [0.15, 0.2) is 76.0 Å². The minimum absolute atomic E-state index is 0.0780. The summed E-state index contributed by atoms with van der Waals surface area (Å²) in [6.45, 7) is 1.39. The van der Waals surface area contributed by atoms with Crippen LogP contribution in [0.5, 0.6) is 5.75 Å². The van der Waals surface area contributed by atoms with E-state index >= 15 is 0 Å². The van der Waals surface area contributed by atoms with Gasteiger partial charge < -0.3 is 4.74 Å². The smallest absolute Gasteiger partial charge is 0.353 e. The van der Waals surface area contributed by atoms with Crippen molar-refractivity contribution in [2.45, 2.75) is 11.8 Å². The molecule has 31 heavy (non-hydrogen) atoms. The lowest BCUT2D eigenvalue weighted by molar-refractivity contribution is -0.119. The van der Waals surface area contributed by atoms with Gasteiger partial charge in [-0.1, -0.05) is 23.8 Å². The third-order valence-electron chi connectivity index (χ3n) is 3.97. The van der Waals surface area contributed by atoms with Gasteiger partial charge in [0.25, 0.3) is 5.91 Å². The van der Waals surface area contributed by atoms with Crippen LogP contribution in [0.2, 0.25) is 0 Å². The van der Waals surface area contributed by atoms with Crippen LogP contribution in [0.3, 0.4) is 0 Å². The van der Waals surface area contributed by atoms with Crippen molar-refractivity contribution in [2.24, 2.45) is 5.10 Å². The van der Waals surface area contributed by atoms with Crippen molar-refractivity contribution < 1.29 is 22.7 Å². The molecule has 1 amide bonds. The van der Waals surface area contributed by atoms with Crippen LogP contribution in [-0.4, -0.2) is 33.1 Å². The molecule has 0 aliphatic carbocycles. The van der Waals surface area contributed by atoms with Gasteiger partial charge >= 0.3 is 5.97 Å². The number of nitrogens with one attached hydrogen (secondary N) is 2. The number of thiophene rings is 1. The van der Waals surface area contributed by atoms with Crippen LogP contribution in [0.4, 0.5) is 0 Å². The number of hydrazone groups is 1. The van der Waals surface area contributed by atoms with E-state index in [0.29, 0.717) is 16.2 Å². The Hall–Kier alpha value is -3.34. The molecule has 0 aliphatic rings. The number of ether oxygens (including phenoxy) is 1. The predicted molar refractivity (Wildman–Crippen MR) is 118 cm³/mol. The molecule has 0 saturated carbocycles. The van der Waals surface area contributed by atoms with Crippen molar-refractivity contribution in [3.05, 3.63) is 82.0 Å². The summed E-state index contributed by atoms with van der Waals surface area (Å²) in [4.78, 5) is 24.3. The molecular weight excluding hydrogens is 438 g/mol. The number of benzene rings is 2. The lowest BCUT2D eigenvalue weighted by Crippen LogP contribution is -2.34. The van der Waals surface area contributed by atoms with Gasteiger partial charge in [0, 0.05) is 0 Å². The third kappa shape index (κ3) is 6.57. The molecule has 10 heteroatoms. The number of amides is 1. The zero-order valence-electron chi connectivity index (χ0n) is 16.4. The maximum absolute atomic E-state index is 12.2. The van der Waals surface area contributed by atoms with Crippen molar-refractivity contribution in [1.29, 1.82) is 0 Å². The minimum atomic E-state index is -3.78. The molecule has 1 heterocycles. The monoisotopic (exact) mass is 457 g/mol. The average molecular weight is 458 g/mol. The van der Waals surface area contributed by atoms with Gasteiger partial charge in [0.05, 0.1) is 17.7 Å². The highest BCUT2D eigenvalue weighted by atomic mass is 32.2. The Labute approximate surface area is 183 Å². The van der Waals surface area contributed by atoms with E-state index in [9.17, 15) is 18.0 Å². The predicted octanol–water partition coefficient (Wildman–Crippen LogP) is 2.70. The molecular formula is C21H19N3O5S2. The summed E-state index contributed by atoms with van der Waals surface area (Å²) in [7, 11) is -3.78. The van der Waals surface area contributed by atoms with E-state index in [1.165, 1.54) is 29.7 Å². The Balaban J connectivity index is 1.47. The normalized spacial score (nSPS) is 11.4. The number of rotatable bonds is 8. The molecule has 3 aromatic rings. The summed E-state index contributed by atoms with van der Waals surface area (Å²) < 4.78 is 31.8. The highest BCUT2D eigenvalue weighted by Crippen LogP contribution is 2.16. The molecule has 0 fully saturated rings. The van der Waals surface area contributed by atoms with Crippen molar-refractivity contribution >= 4 is 39.5 Å². The molecule has 0 unspecified atom stereocenters. The van der Waals surface area contributed by atoms with Gasteiger partial charge in [-0.2, -0.15) is 5.10 Å². The van der Waals surface area contributed by atoms with E-state index in [1.54, 1.807) is 53.9 Å². The Bertz CT molecular complexity index is 1170. The lowest BCUT2D eigenvalue weighted by Gasteiger charge is -2.06. The zero-order valence-corrected chi connectivity index (χ0v) is 18.1. The molecule has 0 atom stereocenters. The van der Waals surface area contributed by atoms with E-state index in [0.717, 1.165) is 5.56 Å². The van der Waals surface area contributed by atoms with Crippen molar-refractivity contribution in [3.63, 3.8) is 0 Å². The van der Waals surface area contributed by atoms with Gasteiger partial charge in [0.15, 0.2) is 0 Å². The maximum Gasteiger partial charge on any atom is 0.353 e. The highest BCUT2D eigenvalue weighted by molar-refractivity contribution is 7.89. The van der Waals surface area contributed by atoms with Crippen LogP contribution in [0.25, 0.3) is 0 Å². The number of nitrogens with zero attached hydrogens (tertiary/aromatic N) is 1. The minimum Gasteiger partial charge on any atom is -0.422 e. The second-order valence-corrected chi connectivity index (χ2v) is 9.08. The van der Waals surface area contributed by atoms with Crippen molar-refractivity contribution in [1.82, 2.24) is 10.1 Å². The number of sulfonamides is 1. The highest BCUT2D eigenvalue weighted by Gasteiger charge is 2.15. The standard InChI is InChI=1S/C21H19N3O5S2/c1-15-4-10-18(11-5-15)31(27,28)23-14-20(25)24-22-13-16-6-8-17(9-7-16)29-21(26)19-3-2-12-30-19/h2-13,23H,14H2,1H3,(H,24,25). The lowest BCUT2D eigenvalue weighted by atomic mass is 10.2. The first-order valence-electron chi connectivity index (χ1n) is 9.07. The van der Waals surface area contributed by atoms with Crippen molar-refractivity contribution in [3.8, 4) is 5.75 Å². The van der Waals surface area contributed by atoms with Crippen molar-refractivity contribution in [2.75, 3.05) is 6.54 Å². The largest absolute Gasteiger partial charge is 0.422 e. The molecule has 3 rings (SSSR count). The summed E-state index contributed by atoms with van der Waals surface area (Å²) in [5.41, 5.74) is 3.83. The molecule has 0 bridgehead atoms. The van der Waals surface area contributed by atoms with E-state index in [1.807, 2.05) is 6.92 Å². The fraction of sp³-hybridized carbons (Fsp3) is 0.0952. The molecule has 0 saturated heterocycles. The summed E-state index contributed by atoms with van der Waals surface area (Å²) in [5, 5.41) is 5.58. The van der Waals surface area contributed by atoms with Gasteiger partial charge in [0.1, 0.15) is 10.6 Å². The maximum atomic E-state index is 12.2. The summed E-state index contributed by atoms with van der Waals surface area (Å²) in [6.07, 6.45) is 1.39. The SMILES string of the molecule is Cc1ccc(S(=O)(=O)NCC(=O)NN=Cc2ccc(OC(=O)c3cccs3)cc2)cc1. The fourth-order valence-corrected chi connectivity index (χ4v) is 3.93. The van der Waals surface area contributed by atoms with E-state index in [4.69, 9.17) is 4.74 Å². The van der Waals surface area contributed by atoms with Crippen LogP contribution in [0, 0.1) is 6.92 Å². The number of aryl methyl sites for hydroxylation is 1. The van der Waals surface area contributed by atoms with Gasteiger partial charge in [0.2, 0.25) is 10.0 Å². The Morgan fingerprint density at radius 3 is 2.42 bits per heavy atom. The Morgan fingerprint density at radius 1 is 1.06 bits per heavy atom. The fourth-order valence-electron chi connectivity index (χ4n) is 2.35. The van der Waals surface area contributed by atoms with Crippen LogP contribution in [-0.2, 0) is 14.8 Å². The first kappa shape index (κ1) is 22.3. The van der Waals surface area contributed by atoms with E-state index < -0.39 is 28.4 Å². The van der Waals surface area contributed by atoms with Crippen LogP contribution < -0.4 is 14.9 Å². The molecule has 0 aliphatic heterocycles. The average Bonchev–Trinajstić information content (AvgIpc) is 3.29. The summed E-state index contributed by atoms with van der Waals surface area (Å²) >= 11 is 1.29. The zero-order chi connectivity index (χ0) is 22.3. The number of carbonyl (C=O) groups is 2. The quantitative estimate of drug-likeness (QED) is 0.234. The number of hydrogen-bond donors (Lipinski definition) is 2. The van der Waals surface area contributed by atoms with Gasteiger partial charge in [-0.15, -0.1) is 11.3 Å². The second-order valence-electron chi connectivity index (χ2n) is 6.37. The molecule has 160 valence electrons. The number of carbonyl (C=O) groups excluding carboxylic acids is 2. The molecule has 2 N–H and O–H groups in total. The number of hydrogen-bond acceptors (Lipinski definition) is 7. The molecule has 0 radical (unpaired) electrons. The summed E-state index contributed by atoms with van der Waals surface area (Å²) in [5.74, 6) is -0.671. The molecule has 8 nitrogen and oxygen atoms in total. The van der Waals surface area contributed by atoms with Crippen LogP contribution in [0.1, 0.15) is 20.8 Å².